The first kappa shape index (κ1) is 18.7. The molecule has 8 heteroatoms. The van der Waals surface area contributed by atoms with E-state index in [0.717, 1.165) is 0 Å². The molecule has 0 unspecified atom stereocenters. The molecule has 0 aliphatic heterocycles. The topological polar surface area (TPSA) is 93.1 Å². The molecule has 7 nitrogen and oxygen atoms in total. The van der Waals surface area contributed by atoms with Crippen LogP contribution in [0.1, 0.15) is 30.0 Å². The van der Waals surface area contributed by atoms with Crippen molar-refractivity contribution in [1.29, 1.82) is 0 Å². The van der Waals surface area contributed by atoms with E-state index in [4.69, 9.17) is 11.6 Å². The minimum absolute atomic E-state index is 0.0423. The third-order valence-electron chi connectivity index (χ3n) is 3.26. The second-order valence-corrected chi connectivity index (χ2v) is 6.17. The molecular formula is C17H19ClN4O3. The van der Waals surface area contributed by atoms with Gasteiger partial charge >= 0.3 is 0 Å². The molecule has 2 N–H and O–H groups in total. The van der Waals surface area contributed by atoms with E-state index in [-0.39, 0.29) is 24.2 Å². The SMILES string of the molecule is Cc1cc(=O)c(C(=O)NCC(=O)NC(C)C)nn1-c1ccccc1Cl. The largest absolute Gasteiger partial charge is 0.352 e. The van der Waals surface area contributed by atoms with Gasteiger partial charge in [-0.15, -0.1) is 0 Å². The van der Waals surface area contributed by atoms with Gasteiger partial charge < -0.3 is 10.6 Å². The lowest BCUT2D eigenvalue weighted by Crippen LogP contribution is -2.41. The van der Waals surface area contributed by atoms with E-state index in [0.29, 0.717) is 16.4 Å². The number of halogens is 1. The Labute approximate surface area is 150 Å². The Balaban J connectivity index is 2.28. The molecule has 0 atom stereocenters. The molecular weight excluding hydrogens is 344 g/mol. The highest BCUT2D eigenvalue weighted by molar-refractivity contribution is 6.32. The molecule has 1 aromatic heterocycles. The van der Waals surface area contributed by atoms with E-state index >= 15 is 0 Å². The quantitative estimate of drug-likeness (QED) is 0.841. The van der Waals surface area contributed by atoms with E-state index in [1.807, 2.05) is 13.8 Å². The Morgan fingerprint density at radius 3 is 2.60 bits per heavy atom. The summed E-state index contributed by atoms with van der Waals surface area (Å²) >= 11 is 6.16. The van der Waals surface area contributed by atoms with Crippen molar-refractivity contribution in [1.82, 2.24) is 20.4 Å². The van der Waals surface area contributed by atoms with Crippen LogP contribution in [-0.2, 0) is 4.79 Å². The molecule has 1 heterocycles. The summed E-state index contributed by atoms with van der Waals surface area (Å²) in [5.41, 5.74) is 0.255. The molecule has 0 saturated heterocycles. The Hall–Kier alpha value is -2.67. The van der Waals surface area contributed by atoms with Crippen molar-refractivity contribution in [3.63, 3.8) is 0 Å². The molecule has 2 aromatic rings. The van der Waals surface area contributed by atoms with Gasteiger partial charge in [-0.25, -0.2) is 4.68 Å². The molecule has 0 fully saturated rings. The van der Waals surface area contributed by atoms with Gasteiger partial charge in [0, 0.05) is 17.8 Å². The predicted molar refractivity (Wildman–Crippen MR) is 95.2 cm³/mol. The van der Waals surface area contributed by atoms with Crippen LogP contribution >= 0.6 is 11.6 Å². The van der Waals surface area contributed by atoms with Gasteiger partial charge in [-0.05, 0) is 32.9 Å². The second-order valence-electron chi connectivity index (χ2n) is 5.77. The smallest absolute Gasteiger partial charge is 0.276 e. The number of amides is 2. The van der Waals surface area contributed by atoms with E-state index in [2.05, 4.69) is 15.7 Å². The number of aromatic nitrogens is 2. The summed E-state index contributed by atoms with van der Waals surface area (Å²) in [6, 6.07) is 8.22. The zero-order valence-electron chi connectivity index (χ0n) is 14.2. The number of nitrogens with zero attached hydrogens (tertiary/aromatic N) is 2. The number of carbonyl (C=O) groups is 2. The molecule has 0 aliphatic rings. The summed E-state index contributed by atoms with van der Waals surface area (Å²) in [6.45, 7) is 5.07. The summed E-state index contributed by atoms with van der Waals surface area (Å²) in [6.07, 6.45) is 0. The highest BCUT2D eigenvalue weighted by atomic mass is 35.5. The van der Waals surface area contributed by atoms with Crippen molar-refractivity contribution in [3.05, 3.63) is 57.0 Å². The molecule has 132 valence electrons. The van der Waals surface area contributed by atoms with Crippen LogP contribution in [0.25, 0.3) is 5.69 Å². The van der Waals surface area contributed by atoms with Crippen molar-refractivity contribution in [2.24, 2.45) is 0 Å². The number of aryl methyl sites for hydroxylation is 1. The van der Waals surface area contributed by atoms with Crippen molar-refractivity contribution >= 4 is 23.4 Å². The molecule has 0 aliphatic carbocycles. The molecule has 0 bridgehead atoms. The molecule has 0 spiro atoms. The van der Waals surface area contributed by atoms with Crippen molar-refractivity contribution in [2.45, 2.75) is 26.8 Å². The van der Waals surface area contributed by atoms with Gasteiger partial charge in [0.15, 0.2) is 5.69 Å². The minimum Gasteiger partial charge on any atom is -0.352 e. The highest BCUT2D eigenvalue weighted by Gasteiger charge is 2.17. The zero-order chi connectivity index (χ0) is 18.6. The molecule has 25 heavy (non-hydrogen) atoms. The number of rotatable bonds is 5. The monoisotopic (exact) mass is 362 g/mol. The van der Waals surface area contributed by atoms with Crippen LogP contribution in [0.5, 0.6) is 0 Å². The molecule has 2 amide bonds. The van der Waals surface area contributed by atoms with Gasteiger partial charge in [0.25, 0.3) is 5.91 Å². The molecule has 0 saturated carbocycles. The standard InChI is InChI=1S/C17H19ClN4O3/c1-10(2)20-15(24)9-19-17(25)16-14(23)8-11(3)22(21-16)13-7-5-4-6-12(13)18/h4-8,10H,9H2,1-3H3,(H,19,25)(H,20,24). The predicted octanol–water partition coefficient (Wildman–Crippen LogP) is 1.45. The number of para-hydroxylation sites is 1. The first-order valence-electron chi connectivity index (χ1n) is 7.73. The van der Waals surface area contributed by atoms with Crippen LogP contribution in [-0.4, -0.2) is 34.2 Å². The van der Waals surface area contributed by atoms with Gasteiger partial charge in [-0.3, -0.25) is 14.4 Å². The maximum absolute atomic E-state index is 12.2. The lowest BCUT2D eigenvalue weighted by Gasteiger charge is -2.13. The van der Waals surface area contributed by atoms with Crippen LogP contribution < -0.4 is 16.1 Å². The van der Waals surface area contributed by atoms with Crippen LogP contribution in [0, 0.1) is 6.92 Å². The Kier molecular flexibility index (Phi) is 5.93. The summed E-state index contributed by atoms with van der Waals surface area (Å²) < 4.78 is 1.42. The van der Waals surface area contributed by atoms with Gasteiger partial charge in [0.2, 0.25) is 11.3 Å². The van der Waals surface area contributed by atoms with Crippen LogP contribution in [0.4, 0.5) is 0 Å². The maximum Gasteiger partial charge on any atom is 0.276 e. The molecule has 1 aromatic carbocycles. The fraction of sp³-hybridized carbons (Fsp3) is 0.294. The second kappa shape index (κ2) is 7.94. The molecule has 2 rings (SSSR count). The first-order valence-corrected chi connectivity index (χ1v) is 8.11. The van der Waals surface area contributed by atoms with Crippen LogP contribution in [0.2, 0.25) is 5.02 Å². The van der Waals surface area contributed by atoms with Crippen LogP contribution in [0.3, 0.4) is 0 Å². The third kappa shape index (κ3) is 4.67. The van der Waals surface area contributed by atoms with Gasteiger partial charge in [0.1, 0.15) is 0 Å². The minimum atomic E-state index is -0.718. The fourth-order valence-corrected chi connectivity index (χ4v) is 2.41. The normalized spacial score (nSPS) is 10.6. The number of hydrogen-bond donors (Lipinski definition) is 2. The maximum atomic E-state index is 12.2. The number of benzene rings is 1. The van der Waals surface area contributed by atoms with E-state index in [1.54, 1.807) is 31.2 Å². The third-order valence-corrected chi connectivity index (χ3v) is 3.58. The van der Waals surface area contributed by atoms with Crippen LogP contribution in [0.15, 0.2) is 35.1 Å². The number of hydrogen-bond acceptors (Lipinski definition) is 4. The number of nitrogens with one attached hydrogen (secondary N) is 2. The van der Waals surface area contributed by atoms with E-state index in [1.165, 1.54) is 10.7 Å². The Bertz CT molecular complexity index is 861. The first-order chi connectivity index (χ1) is 11.8. The summed E-state index contributed by atoms with van der Waals surface area (Å²) in [4.78, 5) is 36.0. The zero-order valence-corrected chi connectivity index (χ0v) is 14.9. The van der Waals surface area contributed by atoms with Crippen molar-refractivity contribution < 1.29 is 9.59 Å². The van der Waals surface area contributed by atoms with E-state index < -0.39 is 11.3 Å². The lowest BCUT2D eigenvalue weighted by atomic mass is 10.2. The summed E-state index contributed by atoms with van der Waals surface area (Å²) in [5, 5.41) is 9.59. The Morgan fingerprint density at radius 1 is 1.28 bits per heavy atom. The average Bonchev–Trinajstić information content (AvgIpc) is 2.53. The fourth-order valence-electron chi connectivity index (χ4n) is 2.19. The average molecular weight is 363 g/mol. The van der Waals surface area contributed by atoms with Crippen molar-refractivity contribution in [3.8, 4) is 5.69 Å². The highest BCUT2D eigenvalue weighted by Crippen LogP contribution is 2.19. The Morgan fingerprint density at radius 2 is 1.96 bits per heavy atom. The summed E-state index contributed by atoms with van der Waals surface area (Å²) in [5.74, 6) is -1.06. The van der Waals surface area contributed by atoms with Crippen molar-refractivity contribution in [2.75, 3.05) is 6.54 Å². The van der Waals surface area contributed by atoms with Gasteiger partial charge in [-0.2, -0.15) is 5.10 Å². The summed E-state index contributed by atoms with van der Waals surface area (Å²) in [7, 11) is 0. The van der Waals surface area contributed by atoms with Gasteiger partial charge in [0.05, 0.1) is 17.3 Å². The lowest BCUT2D eigenvalue weighted by molar-refractivity contribution is -0.120. The van der Waals surface area contributed by atoms with E-state index in [9.17, 15) is 14.4 Å². The van der Waals surface area contributed by atoms with Gasteiger partial charge in [-0.1, -0.05) is 23.7 Å². The number of carbonyl (C=O) groups excluding carboxylic acids is 2. The molecule has 0 radical (unpaired) electrons.